The highest BCUT2D eigenvalue weighted by molar-refractivity contribution is 5.92. The molecule has 1 aromatic heterocycles. The smallest absolute Gasteiger partial charge is 0.276 e. The van der Waals surface area contributed by atoms with Crippen LogP contribution in [-0.4, -0.2) is 46.6 Å². The highest BCUT2D eigenvalue weighted by Crippen LogP contribution is 2.33. The molecule has 1 saturated carbocycles. The van der Waals surface area contributed by atoms with E-state index in [-0.39, 0.29) is 5.91 Å². The molecular weight excluding hydrogens is 368 g/mol. The van der Waals surface area contributed by atoms with Crippen molar-refractivity contribution in [3.05, 3.63) is 35.2 Å². The summed E-state index contributed by atoms with van der Waals surface area (Å²) in [4.78, 5) is 14.8. The Morgan fingerprint density at radius 1 is 1.10 bits per heavy atom. The van der Waals surface area contributed by atoms with Crippen LogP contribution >= 0.6 is 0 Å². The number of carbonyl (C=O) groups excluding carboxylic acids is 1. The summed E-state index contributed by atoms with van der Waals surface area (Å²) in [6, 6.07) is 3.98. The zero-order chi connectivity index (χ0) is 20.2. The molecule has 156 valence electrons. The Labute approximate surface area is 172 Å². The van der Waals surface area contributed by atoms with E-state index in [0.717, 1.165) is 36.6 Å². The number of hydrogen-bond acceptors (Lipinski definition) is 5. The molecule has 2 heterocycles. The molecule has 1 fully saturated rings. The maximum absolute atomic E-state index is 13.0. The third-order valence-electron chi connectivity index (χ3n) is 6.25. The maximum Gasteiger partial charge on any atom is 0.276 e. The number of fused-ring (bicyclic) bond motifs is 1. The Bertz CT molecular complexity index is 858. The van der Waals surface area contributed by atoms with Crippen molar-refractivity contribution in [2.24, 2.45) is 5.92 Å². The fourth-order valence-corrected chi connectivity index (χ4v) is 4.51. The van der Waals surface area contributed by atoms with Gasteiger partial charge in [-0.1, -0.05) is 37.3 Å². The standard InChI is InChI=1S/C22H30N4O3/c1-28-20-12-17-9-10-25(14-18(17)13-21(20)29-2)22(27)19-15-26(24-23-19)11-8-16-6-4-3-5-7-16/h12-13,15-16H,3-11,14H2,1-2H3. The van der Waals surface area contributed by atoms with Gasteiger partial charge in [0.2, 0.25) is 0 Å². The molecule has 0 unspecified atom stereocenters. The Morgan fingerprint density at radius 3 is 2.55 bits per heavy atom. The summed E-state index contributed by atoms with van der Waals surface area (Å²) in [6.07, 6.45) is 10.4. The van der Waals surface area contributed by atoms with Gasteiger partial charge < -0.3 is 14.4 Å². The summed E-state index contributed by atoms with van der Waals surface area (Å²) in [5.41, 5.74) is 2.72. The normalized spacial score (nSPS) is 17.1. The third-order valence-corrected chi connectivity index (χ3v) is 6.25. The van der Waals surface area contributed by atoms with Crippen LogP contribution in [0.5, 0.6) is 11.5 Å². The van der Waals surface area contributed by atoms with Crippen molar-refractivity contribution >= 4 is 5.91 Å². The second kappa shape index (κ2) is 8.84. The van der Waals surface area contributed by atoms with Crippen molar-refractivity contribution in [1.82, 2.24) is 19.9 Å². The van der Waals surface area contributed by atoms with E-state index >= 15 is 0 Å². The minimum Gasteiger partial charge on any atom is -0.493 e. The average molecular weight is 399 g/mol. The van der Waals surface area contributed by atoms with Crippen LogP contribution in [0.4, 0.5) is 0 Å². The molecule has 0 saturated heterocycles. The lowest BCUT2D eigenvalue weighted by atomic mass is 9.87. The zero-order valence-corrected chi connectivity index (χ0v) is 17.4. The van der Waals surface area contributed by atoms with Crippen molar-refractivity contribution in [2.75, 3.05) is 20.8 Å². The van der Waals surface area contributed by atoms with E-state index in [1.807, 2.05) is 21.7 Å². The highest BCUT2D eigenvalue weighted by atomic mass is 16.5. The molecule has 1 aromatic carbocycles. The second-order valence-electron chi connectivity index (χ2n) is 8.11. The quantitative estimate of drug-likeness (QED) is 0.745. The minimum absolute atomic E-state index is 0.0608. The van der Waals surface area contributed by atoms with Crippen LogP contribution in [0.25, 0.3) is 0 Å². The number of rotatable bonds is 6. The SMILES string of the molecule is COc1cc2c(cc1OC)CN(C(=O)c1cn(CCC3CCCCC3)nn1)CC2. The van der Waals surface area contributed by atoms with Crippen LogP contribution < -0.4 is 9.47 Å². The van der Waals surface area contributed by atoms with Gasteiger partial charge in [-0.2, -0.15) is 0 Å². The van der Waals surface area contributed by atoms with Gasteiger partial charge in [0.15, 0.2) is 17.2 Å². The first-order chi connectivity index (χ1) is 14.2. The molecule has 2 aromatic rings. The van der Waals surface area contributed by atoms with E-state index in [9.17, 15) is 4.79 Å². The summed E-state index contributed by atoms with van der Waals surface area (Å²) in [5, 5.41) is 8.34. The van der Waals surface area contributed by atoms with Crippen molar-refractivity contribution in [3.63, 3.8) is 0 Å². The second-order valence-corrected chi connectivity index (χ2v) is 8.11. The molecule has 7 nitrogen and oxygen atoms in total. The number of aryl methyl sites for hydroxylation is 1. The van der Waals surface area contributed by atoms with Crippen LogP contribution in [0.3, 0.4) is 0 Å². The van der Waals surface area contributed by atoms with Gasteiger partial charge in [-0.25, -0.2) is 0 Å². The van der Waals surface area contributed by atoms with Gasteiger partial charge in [0.1, 0.15) is 0 Å². The fourth-order valence-electron chi connectivity index (χ4n) is 4.51. The number of nitrogens with zero attached hydrogens (tertiary/aromatic N) is 4. The average Bonchev–Trinajstić information content (AvgIpc) is 3.25. The molecule has 0 radical (unpaired) electrons. The predicted octanol–water partition coefficient (Wildman–Crippen LogP) is 3.46. The lowest BCUT2D eigenvalue weighted by molar-refractivity contribution is 0.0728. The molecule has 1 aliphatic carbocycles. The van der Waals surface area contributed by atoms with Crippen molar-refractivity contribution in [3.8, 4) is 11.5 Å². The van der Waals surface area contributed by atoms with Crippen LogP contribution in [0, 0.1) is 5.92 Å². The topological polar surface area (TPSA) is 69.5 Å². The number of benzene rings is 1. The lowest BCUT2D eigenvalue weighted by Crippen LogP contribution is -2.36. The van der Waals surface area contributed by atoms with Gasteiger partial charge >= 0.3 is 0 Å². The minimum atomic E-state index is -0.0608. The summed E-state index contributed by atoms with van der Waals surface area (Å²) in [7, 11) is 3.27. The molecule has 2 aliphatic rings. The Hall–Kier alpha value is -2.57. The molecule has 0 spiro atoms. The van der Waals surface area contributed by atoms with E-state index in [1.165, 1.54) is 37.7 Å². The first kappa shape index (κ1) is 19.7. The van der Waals surface area contributed by atoms with Crippen LogP contribution in [-0.2, 0) is 19.5 Å². The Kier molecular flexibility index (Phi) is 6.02. The molecule has 4 rings (SSSR count). The van der Waals surface area contributed by atoms with Crippen LogP contribution in [0.2, 0.25) is 0 Å². The first-order valence-corrected chi connectivity index (χ1v) is 10.6. The zero-order valence-electron chi connectivity index (χ0n) is 17.4. The van der Waals surface area contributed by atoms with Crippen molar-refractivity contribution in [2.45, 2.75) is 58.0 Å². The third kappa shape index (κ3) is 4.38. The van der Waals surface area contributed by atoms with Crippen molar-refractivity contribution < 1.29 is 14.3 Å². The van der Waals surface area contributed by atoms with Crippen LogP contribution in [0.1, 0.15) is 60.1 Å². The summed E-state index contributed by atoms with van der Waals surface area (Å²) in [5.74, 6) is 2.15. The number of ether oxygens (including phenoxy) is 2. The molecule has 0 atom stereocenters. The highest BCUT2D eigenvalue weighted by Gasteiger charge is 2.25. The van der Waals surface area contributed by atoms with E-state index in [2.05, 4.69) is 10.3 Å². The molecule has 29 heavy (non-hydrogen) atoms. The molecule has 1 amide bonds. The first-order valence-electron chi connectivity index (χ1n) is 10.6. The van der Waals surface area contributed by atoms with Gasteiger partial charge in [-0.05, 0) is 42.0 Å². The van der Waals surface area contributed by atoms with Gasteiger partial charge in [0, 0.05) is 19.6 Å². The maximum atomic E-state index is 13.0. The van der Waals surface area contributed by atoms with E-state index in [0.29, 0.717) is 24.5 Å². The van der Waals surface area contributed by atoms with Gasteiger partial charge in [-0.15, -0.1) is 5.10 Å². The van der Waals surface area contributed by atoms with Crippen LogP contribution in [0.15, 0.2) is 18.3 Å². The fraction of sp³-hybridized carbons (Fsp3) is 0.591. The molecule has 0 bridgehead atoms. The molecule has 1 aliphatic heterocycles. The Balaban J connectivity index is 1.39. The number of carbonyl (C=O) groups is 1. The molecular formula is C22H30N4O3. The summed E-state index contributed by atoms with van der Waals surface area (Å²) >= 11 is 0. The molecule has 0 N–H and O–H groups in total. The largest absolute Gasteiger partial charge is 0.493 e. The summed E-state index contributed by atoms with van der Waals surface area (Å²) < 4.78 is 12.6. The van der Waals surface area contributed by atoms with Gasteiger partial charge in [0.05, 0.1) is 20.4 Å². The number of hydrogen-bond donors (Lipinski definition) is 0. The lowest BCUT2D eigenvalue weighted by Gasteiger charge is -2.29. The Morgan fingerprint density at radius 2 is 1.83 bits per heavy atom. The van der Waals surface area contributed by atoms with Crippen molar-refractivity contribution in [1.29, 1.82) is 0 Å². The van der Waals surface area contributed by atoms with E-state index in [1.54, 1.807) is 20.4 Å². The van der Waals surface area contributed by atoms with E-state index < -0.39 is 0 Å². The van der Waals surface area contributed by atoms with E-state index in [4.69, 9.17) is 9.47 Å². The van der Waals surface area contributed by atoms with Gasteiger partial charge in [0.25, 0.3) is 5.91 Å². The molecule has 7 heteroatoms. The number of aromatic nitrogens is 3. The number of amides is 1. The predicted molar refractivity (Wildman–Crippen MR) is 109 cm³/mol. The summed E-state index contributed by atoms with van der Waals surface area (Å²) in [6.45, 7) is 2.05. The monoisotopic (exact) mass is 398 g/mol. The number of methoxy groups -OCH3 is 2. The van der Waals surface area contributed by atoms with Gasteiger partial charge in [-0.3, -0.25) is 9.48 Å².